The monoisotopic (exact) mass is 246 g/mol. The second kappa shape index (κ2) is 5.23. The van der Waals surface area contributed by atoms with Crippen molar-refractivity contribution in [3.8, 4) is 0 Å². The lowest BCUT2D eigenvalue weighted by Crippen LogP contribution is -2.26. The van der Waals surface area contributed by atoms with E-state index < -0.39 is 0 Å². The summed E-state index contributed by atoms with van der Waals surface area (Å²) in [4.78, 5) is 14.8. The summed E-state index contributed by atoms with van der Waals surface area (Å²) in [7, 11) is 0. The second-order valence-corrected chi connectivity index (χ2v) is 4.66. The van der Waals surface area contributed by atoms with Crippen LogP contribution in [-0.4, -0.2) is 29.1 Å². The van der Waals surface area contributed by atoms with Crippen LogP contribution < -0.4 is 5.32 Å². The van der Waals surface area contributed by atoms with Crippen molar-refractivity contribution in [2.75, 3.05) is 13.2 Å². The summed E-state index contributed by atoms with van der Waals surface area (Å²) in [5.41, 5.74) is 2.73. The Kier molecular flexibility index (Phi) is 3.67. The minimum Gasteiger partial charge on any atom is -0.395 e. The van der Waals surface area contributed by atoms with E-state index in [0.717, 1.165) is 10.9 Å². The number of amides is 1. The highest BCUT2D eigenvalue weighted by molar-refractivity contribution is 5.98. The molecule has 18 heavy (non-hydrogen) atoms. The van der Waals surface area contributed by atoms with Crippen LogP contribution in [0.1, 0.15) is 35.8 Å². The predicted molar refractivity (Wildman–Crippen MR) is 71.8 cm³/mol. The number of fused-ring (bicyclic) bond motifs is 1. The first-order valence-corrected chi connectivity index (χ1v) is 6.13. The molecule has 0 aliphatic heterocycles. The molecule has 0 spiro atoms. The average Bonchev–Trinajstić information content (AvgIpc) is 2.78. The smallest absolute Gasteiger partial charge is 0.267 e. The molecule has 0 saturated heterocycles. The van der Waals surface area contributed by atoms with Crippen LogP contribution in [0.5, 0.6) is 0 Å². The highest BCUT2D eigenvalue weighted by atomic mass is 16.3. The molecule has 2 rings (SSSR count). The van der Waals surface area contributed by atoms with Crippen molar-refractivity contribution in [1.82, 2.24) is 10.3 Å². The predicted octanol–water partition coefficient (Wildman–Crippen LogP) is 2.01. The van der Waals surface area contributed by atoms with E-state index in [1.807, 2.05) is 12.1 Å². The van der Waals surface area contributed by atoms with Gasteiger partial charge < -0.3 is 15.4 Å². The maximum absolute atomic E-state index is 11.7. The van der Waals surface area contributed by atoms with E-state index in [1.54, 1.807) is 0 Å². The lowest BCUT2D eigenvalue weighted by Gasteiger charge is -2.03. The minimum atomic E-state index is -0.189. The van der Waals surface area contributed by atoms with Crippen molar-refractivity contribution in [3.05, 3.63) is 35.5 Å². The summed E-state index contributed by atoms with van der Waals surface area (Å²) < 4.78 is 0. The molecule has 4 nitrogen and oxygen atoms in total. The van der Waals surface area contributed by atoms with Crippen LogP contribution in [0.25, 0.3) is 10.9 Å². The molecule has 2 aromatic rings. The van der Waals surface area contributed by atoms with E-state index in [4.69, 9.17) is 5.11 Å². The SMILES string of the molecule is CC(C)c1ccc2[nH]c(C(=O)NCCO)cc2c1. The number of carbonyl (C=O) groups excluding carboxylic acids is 1. The zero-order valence-corrected chi connectivity index (χ0v) is 10.7. The van der Waals surface area contributed by atoms with Crippen LogP contribution in [0.4, 0.5) is 0 Å². The van der Waals surface area contributed by atoms with Crippen molar-refractivity contribution in [1.29, 1.82) is 0 Å². The Hall–Kier alpha value is -1.81. The Balaban J connectivity index is 2.29. The van der Waals surface area contributed by atoms with Gasteiger partial charge in [0, 0.05) is 17.4 Å². The van der Waals surface area contributed by atoms with Crippen LogP contribution >= 0.6 is 0 Å². The largest absolute Gasteiger partial charge is 0.395 e. The van der Waals surface area contributed by atoms with E-state index in [-0.39, 0.29) is 19.1 Å². The van der Waals surface area contributed by atoms with Gasteiger partial charge in [-0.25, -0.2) is 0 Å². The third kappa shape index (κ3) is 2.54. The molecule has 1 heterocycles. The van der Waals surface area contributed by atoms with E-state index in [2.05, 4.69) is 36.3 Å². The Morgan fingerprint density at radius 1 is 1.39 bits per heavy atom. The van der Waals surface area contributed by atoms with Gasteiger partial charge in [0.15, 0.2) is 0 Å². The number of hydrogen-bond donors (Lipinski definition) is 3. The molecule has 0 bridgehead atoms. The van der Waals surface area contributed by atoms with E-state index in [9.17, 15) is 4.79 Å². The molecule has 0 aliphatic rings. The zero-order valence-electron chi connectivity index (χ0n) is 10.7. The van der Waals surface area contributed by atoms with Crippen molar-refractivity contribution in [2.24, 2.45) is 0 Å². The summed E-state index contributed by atoms with van der Waals surface area (Å²) in [5, 5.41) is 12.3. The number of rotatable bonds is 4. The summed E-state index contributed by atoms with van der Waals surface area (Å²) in [6.45, 7) is 4.50. The molecule has 0 unspecified atom stereocenters. The number of benzene rings is 1. The maximum Gasteiger partial charge on any atom is 0.267 e. The summed E-state index contributed by atoms with van der Waals surface area (Å²) in [6.07, 6.45) is 0. The quantitative estimate of drug-likeness (QED) is 0.772. The maximum atomic E-state index is 11.7. The van der Waals surface area contributed by atoms with Gasteiger partial charge >= 0.3 is 0 Å². The number of aromatic nitrogens is 1. The number of aromatic amines is 1. The lowest BCUT2D eigenvalue weighted by molar-refractivity contribution is 0.0940. The lowest BCUT2D eigenvalue weighted by atomic mass is 10.0. The Bertz CT molecular complexity index is 558. The number of aliphatic hydroxyl groups excluding tert-OH is 1. The van der Waals surface area contributed by atoms with Crippen LogP contribution in [0.15, 0.2) is 24.3 Å². The minimum absolute atomic E-state index is 0.0521. The number of carbonyl (C=O) groups is 1. The van der Waals surface area contributed by atoms with Gasteiger partial charge in [-0.3, -0.25) is 4.79 Å². The van der Waals surface area contributed by atoms with Gasteiger partial charge in [-0.15, -0.1) is 0 Å². The van der Waals surface area contributed by atoms with Crippen molar-refractivity contribution in [2.45, 2.75) is 19.8 Å². The molecule has 0 radical (unpaired) electrons. The topological polar surface area (TPSA) is 65.1 Å². The van der Waals surface area contributed by atoms with Crippen LogP contribution in [0, 0.1) is 0 Å². The standard InChI is InChI=1S/C14H18N2O2/c1-9(2)10-3-4-12-11(7-10)8-13(16-12)14(18)15-5-6-17/h3-4,7-9,16-17H,5-6H2,1-2H3,(H,15,18). The normalized spacial score (nSPS) is 11.1. The van der Waals surface area contributed by atoms with Gasteiger partial charge in [-0.2, -0.15) is 0 Å². The van der Waals surface area contributed by atoms with Crippen LogP contribution in [0.3, 0.4) is 0 Å². The number of hydrogen-bond acceptors (Lipinski definition) is 2. The molecular formula is C14H18N2O2. The highest BCUT2D eigenvalue weighted by Gasteiger charge is 2.09. The first-order valence-electron chi connectivity index (χ1n) is 6.13. The fraction of sp³-hybridized carbons (Fsp3) is 0.357. The fourth-order valence-corrected chi connectivity index (χ4v) is 1.90. The molecule has 96 valence electrons. The van der Waals surface area contributed by atoms with Crippen molar-refractivity contribution < 1.29 is 9.90 Å². The Morgan fingerprint density at radius 3 is 2.83 bits per heavy atom. The first kappa shape index (κ1) is 12.6. The van der Waals surface area contributed by atoms with E-state index in [1.165, 1.54) is 5.56 Å². The molecule has 0 saturated carbocycles. The van der Waals surface area contributed by atoms with Gasteiger partial charge in [-0.1, -0.05) is 19.9 Å². The zero-order chi connectivity index (χ0) is 13.1. The molecule has 0 aliphatic carbocycles. The molecule has 4 heteroatoms. The summed E-state index contributed by atoms with van der Waals surface area (Å²) in [6, 6.07) is 8.00. The third-order valence-corrected chi connectivity index (χ3v) is 2.95. The van der Waals surface area contributed by atoms with E-state index >= 15 is 0 Å². The summed E-state index contributed by atoms with van der Waals surface area (Å²) >= 11 is 0. The van der Waals surface area contributed by atoms with E-state index in [0.29, 0.717) is 11.6 Å². The Morgan fingerprint density at radius 2 is 2.17 bits per heavy atom. The van der Waals surface area contributed by atoms with Crippen LogP contribution in [-0.2, 0) is 0 Å². The number of aliphatic hydroxyl groups is 1. The number of H-pyrrole nitrogens is 1. The second-order valence-electron chi connectivity index (χ2n) is 4.66. The third-order valence-electron chi connectivity index (χ3n) is 2.95. The van der Waals surface area contributed by atoms with Gasteiger partial charge in [-0.05, 0) is 29.7 Å². The highest BCUT2D eigenvalue weighted by Crippen LogP contribution is 2.21. The molecule has 1 amide bonds. The molecule has 0 atom stereocenters. The first-order chi connectivity index (χ1) is 8.61. The van der Waals surface area contributed by atoms with Crippen LogP contribution in [0.2, 0.25) is 0 Å². The van der Waals surface area contributed by atoms with Gasteiger partial charge in [0.05, 0.1) is 6.61 Å². The number of nitrogens with one attached hydrogen (secondary N) is 2. The Labute approximate surface area is 106 Å². The molecular weight excluding hydrogens is 228 g/mol. The molecule has 1 aromatic heterocycles. The van der Waals surface area contributed by atoms with Crippen molar-refractivity contribution in [3.63, 3.8) is 0 Å². The molecule has 3 N–H and O–H groups in total. The molecule has 0 fully saturated rings. The summed E-state index contributed by atoms with van der Waals surface area (Å²) in [5.74, 6) is 0.280. The van der Waals surface area contributed by atoms with Gasteiger partial charge in [0.2, 0.25) is 0 Å². The van der Waals surface area contributed by atoms with Gasteiger partial charge in [0.25, 0.3) is 5.91 Å². The van der Waals surface area contributed by atoms with Gasteiger partial charge in [0.1, 0.15) is 5.69 Å². The average molecular weight is 246 g/mol. The molecule has 1 aromatic carbocycles. The van der Waals surface area contributed by atoms with Crippen molar-refractivity contribution >= 4 is 16.8 Å². The fourth-order valence-electron chi connectivity index (χ4n) is 1.90.